The molecule has 0 radical (unpaired) electrons. The van der Waals surface area contributed by atoms with Gasteiger partial charge in [0.1, 0.15) is 23.5 Å². The summed E-state index contributed by atoms with van der Waals surface area (Å²) in [6.07, 6.45) is 4.08. The number of nitrogens with zero attached hydrogens (tertiary/aromatic N) is 4. The van der Waals surface area contributed by atoms with Crippen molar-refractivity contribution in [3.8, 4) is 0 Å². The smallest absolute Gasteiger partial charge is 0.325 e. The molecule has 2 N–H and O–H groups in total. The molecule has 0 atom stereocenters. The van der Waals surface area contributed by atoms with E-state index in [9.17, 15) is 9.59 Å². The summed E-state index contributed by atoms with van der Waals surface area (Å²) in [5, 5.41) is 5.81. The molecule has 176 valence electrons. The lowest BCUT2D eigenvalue weighted by molar-refractivity contribution is -0.153. The van der Waals surface area contributed by atoms with Gasteiger partial charge in [-0.15, -0.1) is 0 Å². The van der Waals surface area contributed by atoms with Gasteiger partial charge in [-0.25, -0.2) is 4.98 Å². The van der Waals surface area contributed by atoms with E-state index < -0.39 is 17.5 Å². The first kappa shape index (κ1) is 23.2. The third-order valence-corrected chi connectivity index (χ3v) is 5.13. The number of fused-ring (bicyclic) bond motifs is 1. The first-order valence-corrected chi connectivity index (χ1v) is 11.2. The van der Waals surface area contributed by atoms with Crippen molar-refractivity contribution in [3.05, 3.63) is 71.7 Å². The zero-order valence-electron chi connectivity index (χ0n) is 19.5. The van der Waals surface area contributed by atoms with Gasteiger partial charge in [0.05, 0.1) is 12.2 Å². The van der Waals surface area contributed by atoms with Crippen molar-refractivity contribution in [1.82, 2.24) is 20.3 Å². The van der Waals surface area contributed by atoms with Crippen LogP contribution in [0.2, 0.25) is 0 Å². The zero-order chi connectivity index (χ0) is 24.1. The fourth-order valence-corrected chi connectivity index (χ4v) is 3.65. The molecule has 9 nitrogen and oxygen atoms in total. The molecule has 1 aliphatic heterocycles. The van der Waals surface area contributed by atoms with Crippen LogP contribution in [0.5, 0.6) is 0 Å². The highest BCUT2D eigenvalue weighted by Gasteiger charge is 2.24. The van der Waals surface area contributed by atoms with Gasteiger partial charge in [-0.05, 0) is 51.0 Å². The lowest BCUT2D eigenvalue weighted by atomic mass is 10.2. The average Bonchev–Trinajstić information content (AvgIpc) is 3.25. The standard InChI is InChI=1S/C25H28N6O3/c1-25(2,3)34-21(32)16-28-23(33)19-15-29-24(31-13-11-17-8-4-5-10-20(17)31)30-22(19)27-14-18-9-6-7-12-26-18/h4-10,12,15H,11,13-14,16H2,1-3H3,(H,28,33)(H,27,29,30). The number of ether oxygens (including phenoxy) is 1. The topological polar surface area (TPSA) is 109 Å². The summed E-state index contributed by atoms with van der Waals surface area (Å²) in [6.45, 7) is 6.20. The number of carbonyl (C=O) groups is 2. The molecule has 1 aliphatic rings. The molecule has 0 spiro atoms. The summed E-state index contributed by atoms with van der Waals surface area (Å²) >= 11 is 0. The van der Waals surface area contributed by atoms with Crippen LogP contribution in [0.4, 0.5) is 17.5 Å². The molecule has 0 aliphatic carbocycles. The van der Waals surface area contributed by atoms with Crippen LogP contribution in [0.15, 0.2) is 54.9 Å². The Bertz CT molecular complexity index is 1180. The van der Waals surface area contributed by atoms with Crippen molar-refractivity contribution >= 4 is 29.3 Å². The molecule has 1 amide bonds. The molecule has 0 fully saturated rings. The van der Waals surface area contributed by atoms with Gasteiger partial charge >= 0.3 is 5.97 Å². The number of pyridine rings is 1. The lowest BCUT2D eigenvalue weighted by Gasteiger charge is -2.20. The Morgan fingerprint density at radius 3 is 2.65 bits per heavy atom. The average molecular weight is 461 g/mol. The second kappa shape index (κ2) is 9.86. The molecule has 2 aromatic heterocycles. The van der Waals surface area contributed by atoms with E-state index in [1.807, 2.05) is 41.3 Å². The third kappa shape index (κ3) is 5.67. The fourth-order valence-electron chi connectivity index (χ4n) is 3.65. The minimum atomic E-state index is -0.631. The number of benzene rings is 1. The van der Waals surface area contributed by atoms with Crippen molar-refractivity contribution < 1.29 is 14.3 Å². The summed E-state index contributed by atoms with van der Waals surface area (Å²) < 4.78 is 5.26. The van der Waals surface area contributed by atoms with Crippen LogP contribution in [-0.4, -0.2) is 45.5 Å². The number of aromatic nitrogens is 3. The Labute approximate surface area is 198 Å². The van der Waals surface area contributed by atoms with Gasteiger partial charge in [-0.3, -0.25) is 14.6 Å². The maximum atomic E-state index is 12.9. The van der Waals surface area contributed by atoms with Crippen LogP contribution < -0.4 is 15.5 Å². The highest BCUT2D eigenvalue weighted by atomic mass is 16.6. The summed E-state index contributed by atoms with van der Waals surface area (Å²) in [5.74, 6) is -0.128. The van der Waals surface area contributed by atoms with Gasteiger partial charge in [-0.2, -0.15) is 4.98 Å². The second-order valence-electron chi connectivity index (χ2n) is 8.91. The van der Waals surface area contributed by atoms with Crippen molar-refractivity contribution in [2.45, 2.75) is 39.3 Å². The summed E-state index contributed by atoms with van der Waals surface area (Å²) in [4.78, 5) is 40.4. The van der Waals surface area contributed by atoms with Gasteiger partial charge in [0.2, 0.25) is 5.95 Å². The van der Waals surface area contributed by atoms with Crippen LogP contribution >= 0.6 is 0 Å². The van der Waals surface area contributed by atoms with E-state index in [2.05, 4.69) is 31.7 Å². The third-order valence-electron chi connectivity index (χ3n) is 5.13. The van der Waals surface area contributed by atoms with Crippen molar-refractivity contribution in [2.75, 3.05) is 23.3 Å². The molecule has 3 aromatic rings. The van der Waals surface area contributed by atoms with Gasteiger partial charge in [-0.1, -0.05) is 24.3 Å². The highest BCUT2D eigenvalue weighted by molar-refractivity contribution is 6.00. The van der Waals surface area contributed by atoms with E-state index in [4.69, 9.17) is 4.74 Å². The SMILES string of the molecule is CC(C)(C)OC(=O)CNC(=O)c1cnc(N2CCc3ccccc32)nc1NCc1ccccn1. The van der Waals surface area contributed by atoms with Crippen LogP contribution in [-0.2, 0) is 22.5 Å². The van der Waals surface area contributed by atoms with Crippen LogP contribution in [0.25, 0.3) is 0 Å². The summed E-state index contributed by atoms with van der Waals surface area (Å²) in [5.41, 5.74) is 2.69. The molecule has 0 unspecified atom stereocenters. The van der Waals surface area contributed by atoms with E-state index in [0.717, 1.165) is 24.3 Å². The van der Waals surface area contributed by atoms with Crippen molar-refractivity contribution in [2.24, 2.45) is 0 Å². The minimum Gasteiger partial charge on any atom is -0.459 e. The van der Waals surface area contributed by atoms with Crippen molar-refractivity contribution in [1.29, 1.82) is 0 Å². The van der Waals surface area contributed by atoms with E-state index >= 15 is 0 Å². The van der Waals surface area contributed by atoms with Crippen LogP contribution in [0, 0.1) is 0 Å². The molecule has 4 rings (SSSR count). The number of rotatable bonds is 7. The predicted molar refractivity (Wildman–Crippen MR) is 129 cm³/mol. The molecule has 3 heterocycles. The fraction of sp³-hybridized carbons (Fsp3) is 0.320. The number of anilines is 3. The number of amides is 1. The Morgan fingerprint density at radius 2 is 1.88 bits per heavy atom. The van der Waals surface area contributed by atoms with Gasteiger partial charge < -0.3 is 20.3 Å². The number of para-hydroxylation sites is 1. The van der Waals surface area contributed by atoms with E-state index in [-0.39, 0.29) is 12.1 Å². The minimum absolute atomic E-state index is 0.232. The number of hydrogen-bond donors (Lipinski definition) is 2. The second-order valence-corrected chi connectivity index (χ2v) is 8.91. The van der Waals surface area contributed by atoms with Crippen molar-refractivity contribution in [3.63, 3.8) is 0 Å². The molecule has 1 aromatic carbocycles. The number of carbonyl (C=O) groups excluding carboxylic acids is 2. The van der Waals surface area contributed by atoms with E-state index in [0.29, 0.717) is 18.3 Å². The quantitative estimate of drug-likeness (QED) is 0.517. The highest BCUT2D eigenvalue weighted by Crippen LogP contribution is 2.33. The lowest BCUT2D eigenvalue weighted by Crippen LogP contribution is -2.35. The molecule has 0 saturated heterocycles. The first-order valence-electron chi connectivity index (χ1n) is 11.2. The molecular weight excluding hydrogens is 432 g/mol. The summed E-state index contributed by atoms with van der Waals surface area (Å²) in [6, 6.07) is 13.7. The van der Waals surface area contributed by atoms with Gasteiger partial charge in [0.25, 0.3) is 5.91 Å². The molecule has 9 heteroatoms. The summed E-state index contributed by atoms with van der Waals surface area (Å²) in [7, 11) is 0. The van der Waals surface area contributed by atoms with Gasteiger partial charge in [0.15, 0.2) is 0 Å². The zero-order valence-corrected chi connectivity index (χ0v) is 19.5. The Kier molecular flexibility index (Phi) is 6.72. The molecule has 0 bridgehead atoms. The predicted octanol–water partition coefficient (Wildman–Crippen LogP) is 3.25. The number of esters is 1. The first-order chi connectivity index (χ1) is 16.3. The Morgan fingerprint density at radius 1 is 1.09 bits per heavy atom. The number of nitrogens with one attached hydrogen (secondary N) is 2. The van der Waals surface area contributed by atoms with Gasteiger partial charge in [0, 0.05) is 24.6 Å². The Hall–Kier alpha value is -4.01. The maximum absolute atomic E-state index is 12.9. The molecular formula is C25H28N6O3. The molecule has 0 saturated carbocycles. The largest absolute Gasteiger partial charge is 0.459 e. The number of hydrogen-bond acceptors (Lipinski definition) is 8. The maximum Gasteiger partial charge on any atom is 0.325 e. The Balaban J connectivity index is 1.56. The molecule has 34 heavy (non-hydrogen) atoms. The van der Waals surface area contributed by atoms with Crippen LogP contribution in [0.3, 0.4) is 0 Å². The van der Waals surface area contributed by atoms with Crippen LogP contribution in [0.1, 0.15) is 42.4 Å². The monoisotopic (exact) mass is 460 g/mol. The van der Waals surface area contributed by atoms with E-state index in [1.54, 1.807) is 27.0 Å². The normalized spacial score (nSPS) is 12.7. The van der Waals surface area contributed by atoms with E-state index in [1.165, 1.54) is 11.8 Å².